The Labute approximate surface area is 197 Å². The molecule has 0 aliphatic heterocycles. The van der Waals surface area contributed by atoms with Gasteiger partial charge in [0.2, 0.25) is 5.95 Å². The lowest BCUT2D eigenvalue weighted by Gasteiger charge is -2.29. The second-order valence-electron chi connectivity index (χ2n) is 8.66. The van der Waals surface area contributed by atoms with Crippen LogP contribution >= 0.6 is 0 Å². The summed E-state index contributed by atoms with van der Waals surface area (Å²) in [5, 5.41) is 8.13. The minimum absolute atomic E-state index is 0.245. The third-order valence-electron chi connectivity index (χ3n) is 6.43. The summed E-state index contributed by atoms with van der Waals surface area (Å²) < 4.78 is 27.6. The van der Waals surface area contributed by atoms with Crippen molar-refractivity contribution in [3.05, 3.63) is 36.4 Å². The van der Waals surface area contributed by atoms with Gasteiger partial charge in [-0.3, -0.25) is 0 Å². The number of imidazole rings is 1. The minimum atomic E-state index is -0.459. The fourth-order valence-corrected chi connectivity index (χ4v) is 4.65. The first-order chi connectivity index (χ1) is 16.7. The molecular formula is C24H30FN7O2. The van der Waals surface area contributed by atoms with Crippen LogP contribution in [0.15, 0.2) is 30.6 Å². The molecule has 10 heteroatoms. The molecule has 34 heavy (non-hydrogen) atoms. The monoisotopic (exact) mass is 467 g/mol. The normalized spacial score (nSPS) is 18.7. The zero-order valence-electron chi connectivity index (χ0n) is 19.6. The van der Waals surface area contributed by atoms with Crippen LogP contribution in [0.2, 0.25) is 0 Å². The lowest BCUT2D eigenvalue weighted by atomic mass is 9.93. The second-order valence-corrected chi connectivity index (χ2v) is 8.66. The van der Waals surface area contributed by atoms with E-state index in [0.717, 1.165) is 53.8 Å². The molecule has 0 radical (unpaired) electrons. The van der Waals surface area contributed by atoms with Crippen LogP contribution in [0.25, 0.3) is 27.9 Å². The number of ether oxygens (including phenoxy) is 2. The Hall–Kier alpha value is -3.11. The number of alkyl halides is 1. The summed E-state index contributed by atoms with van der Waals surface area (Å²) in [6.07, 6.45) is 8.11. The number of hydrogen-bond acceptors (Lipinski definition) is 7. The molecule has 4 heterocycles. The van der Waals surface area contributed by atoms with Crippen LogP contribution in [-0.4, -0.2) is 68.3 Å². The van der Waals surface area contributed by atoms with Gasteiger partial charge in [0.15, 0.2) is 5.65 Å². The van der Waals surface area contributed by atoms with Crippen molar-refractivity contribution in [2.75, 3.05) is 32.3 Å². The highest BCUT2D eigenvalue weighted by atomic mass is 19.1. The Kier molecular flexibility index (Phi) is 6.68. The molecule has 0 saturated heterocycles. The molecule has 4 aromatic heterocycles. The van der Waals surface area contributed by atoms with Gasteiger partial charge in [-0.15, -0.1) is 5.10 Å². The van der Waals surface area contributed by atoms with Crippen molar-refractivity contribution in [2.24, 2.45) is 0 Å². The van der Waals surface area contributed by atoms with Gasteiger partial charge in [0, 0.05) is 24.9 Å². The summed E-state index contributed by atoms with van der Waals surface area (Å²) in [6, 6.07) is 6.17. The van der Waals surface area contributed by atoms with Gasteiger partial charge in [-0.25, -0.2) is 23.9 Å². The summed E-state index contributed by atoms with van der Waals surface area (Å²) in [5.41, 5.74) is 4.02. The van der Waals surface area contributed by atoms with Crippen molar-refractivity contribution in [1.29, 1.82) is 0 Å². The summed E-state index contributed by atoms with van der Waals surface area (Å²) in [6.45, 7) is 2.94. The minimum Gasteiger partial charge on any atom is -0.382 e. The van der Waals surface area contributed by atoms with Gasteiger partial charge in [-0.05, 0) is 50.8 Å². The number of nitrogens with one attached hydrogen (secondary N) is 1. The highest BCUT2D eigenvalue weighted by Crippen LogP contribution is 2.27. The molecule has 1 saturated carbocycles. The molecule has 1 aliphatic rings. The number of halogens is 1. The van der Waals surface area contributed by atoms with Crippen LogP contribution in [0.3, 0.4) is 0 Å². The molecule has 0 aromatic carbocycles. The number of nitrogens with zero attached hydrogens (tertiary/aromatic N) is 6. The number of rotatable bonds is 9. The smallest absolute Gasteiger partial charge is 0.241 e. The molecule has 0 bridgehead atoms. The van der Waals surface area contributed by atoms with Crippen molar-refractivity contribution >= 4 is 22.6 Å². The van der Waals surface area contributed by atoms with Crippen LogP contribution in [0.1, 0.15) is 31.5 Å². The van der Waals surface area contributed by atoms with Crippen LogP contribution in [0.4, 0.5) is 10.3 Å². The lowest BCUT2D eigenvalue weighted by Crippen LogP contribution is -2.31. The molecule has 1 fully saturated rings. The Bertz CT molecular complexity index is 1260. The Morgan fingerprint density at radius 2 is 1.97 bits per heavy atom. The van der Waals surface area contributed by atoms with Crippen LogP contribution < -0.4 is 5.32 Å². The SMILES string of the molecule is COCCOC1CCC(Nc2ncc3c(-c4ccc5nc(C)n(CCF)c5n4)ccn3n2)CC1. The lowest BCUT2D eigenvalue weighted by molar-refractivity contribution is -0.00158. The predicted octanol–water partition coefficient (Wildman–Crippen LogP) is 3.81. The van der Waals surface area contributed by atoms with Crippen molar-refractivity contribution < 1.29 is 13.9 Å². The molecule has 0 amide bonds. The maximum atomic E-state index is 13.0. The van der Waals surface area contributed by atoms with Crippen molar-refractivity contribution in [3.63, 3.8) is 0 Å². The molecule has 1 aliphatic carbocycles. The molecule has 1 N–H and O–H groups in total. The van der Waals surface area contributed by atoms with E-state index in [0.29, 0.717) is 37.0 Å². The van der Waals surface area contributed by atoms with Crippen LogP contribution in [0.5, 0.6) is 0 Å². The van der Waals surface area contributed by atoms with E-state index in [9.17, 15) is 4.39 Å². The fourth-order valence-electron chi connectivity index (χ4n) is 4.65. The third kappa shape index (κ3) is 4.60. The van der Waals surface area contributed by atoms with E-state index in [1.54, 1.807) is 7.11 Å². The Morgan fingerprint density at radius 1 is 1.12 bits per heavy atom. The molecule has 4 aromatic rings. The highest BCUT2D eigenvalue weighted by Gasteiger charge is 2.22. The first-order valence-corrected chi connectivity index (χ1v) is 11.8. The number of aromatic nitrogens is 6. The van der Waals surface area contributed by atoms with E-state index < -0.39 is 6.67 Å². The van der Waals surface area contributed by atoms with Crippen molar-refractivity contribution in [3.8, 4) is 11.3 Å². The average Bonchev–Trinajstić information content (AvgIpc) is 3.40. The standard InChI is InChI=1S/C24H30FN7O2/c1-16-27-21-8-7-20(29-23(21)31(16)12-10-25)19-9-11-32-22(19)15-26-24(30-32)28-17-3-5-18(6-4-17)34-14-13-33-2/h7-9,11,15,17-18H,3-6,10,12-14H2,1-2H3,(H,28,30). The molecule has 0 atom stereocenters. The number of aryl methyl sites for hydroxylation is 2. The van der Waals surface area contributed by atoms with Crippen LogP contribution in [0, 0.1) is 6.92 Å². The van der Waals surface area contributed by atoms with Gasteiger partial charge < -0.3 is 19.4 Å². The van der Waals surface area contributed by atoms with Crippen molar-refractivity contribution in [1.82, 2.24) is 29.1 Å². The topological polar surface area (TPSA) is 91.4 Å². The van der Waals surface area contributed by atoms with Gasteiger partial charge >= 0.3 is 0 Å². The predicted molar refractivity (Wildman–Crippen MR) is 128 cm³/mol. The Morgan fingerprint density at radius 3 is 2.76 bits per heavy atom. The summed E-state index contributed by atoms with van der Waals surface area (Å²) >= 11 is 0. The van der Waals surface area contributed by atoms with Gasteiger partial charge in [0.1, 0.15) is 18.0 Å². The van der Waals surface area contributed by atoms with Crippen molar-refractivity contribution in [2.45, 2.75) is 51.3 Å². The molecule has 0 spiro atoms. The highest BCUT2D eigenvalue weighted by molar-refractivity contribution is 5.82. The van der Waals surface area contributed by atoms with E-state index >= 15 is 0 Å². The zero-order valence-corrected chi connectivity index (χ0v) is 19.6. The van der Waals surface area contributed by atoms with Gasteiger partial charge in [0.25, 0.3) is 0 Å². The van der Waals surface area contributed by atoms with Crippen LogP contribution in [-0.2, 0) is 16.0 Å². The first-order valence-electron chi connectivity index (χ1n) is 11.8. The maximum absolute atomic E-state index is 13.0. The number of fused-ring (bicyclic) bond motifs is 2. The summed E-state index contributed by atoms with van der Waals surface area (Å²) in [5.74, 6) is 1.37. The quantitative estimate of drug-likeness (QED) is 0.374. The number of hydrogen-bond donors (Lipinski definition) is 1. The van der Waals surface area contributed by atoms with E-state index in [4.69, 9.17) is 14.5 Å². The number of pyridine rings is 1. The molecule has 0 unspecified atom stereocenters. The number of anilines is 1. The largest absolute Gasteiger partial charge is 0.382 e. The summed E-state index contributed by atoms with van der Waals surface area (Å²) in [7, 11) is 1.69. The molecule has 9 nitrogen and oxygen atoms in total. The average molecular weight is 468 g/mol. The van der Waals surface area contributed by atoms with E-state index in [2.05, 4.69) is 20.4 Å². The van der Waals surface area contributed by atoms with E-state index in [-0.39, 0.29) is 6.54 Å². The molecule has 5 rings (SSSR count). The van der Waals surface area contributed by atoms with Gasteiger partial charge in [-0.2, -0.15) is 0 Å². The second kappa shape index (κ2) is 10.0. The number of methoxy groups -OCH3 is 1. The van der Waals surface area contributed by atoms with E-state index in [1.807, 2.05) is 46.6 Å². The first kappa shape index (κ1) is 22.7. The Balaban J connectivity index is 1.30. The summed E-state index contributed by atoms with van der Waals surface area (Å²) in [4.78, 5) is 13.8. The van der Waals surface area contributed by atoms with Gasteiger partial charge in [0.05, 0.1) is 43.3 Å². The molecular weight excluding hydrogens is 437 g/mol. The zero-order chi connectivity index (χ0) is 23.5. The third-order valence-corrected chi connectivity index (χ3v) is 6.43. The maximum Gasteiger partial charge on any atom is 0.241 e. The molecule has 180 valence electrons. The van der Waals surface area contributed by atoms with Gasteiger partial charge in [-0.1, -0.05) is 0 Å². The van der Waals surface area contributed by atoms with E-state index in [1.165, 1.54) is 0 Å². The fraction of sp³-hybridized carbons (Fsp3) is 0.500.